The van der Waals surface area contributed by atoms with Crippen LogP contribution < -0.4 is 4.90 Å². The van der Waals surface area contributed by atoms with E-state index >= 15 is 0 Å². The van der Waals surface area contributed by atoms with E-state index in [1.54, 1.807) is 16.8 Å². The third-order valence-electron chi connectivity index (χ3n) is 4.90. The molecule has 146 valence electrons. The number of rotatable bonds is 4. The summed E-state index contributed by atoms with van der Waals surface area (Å²) in [6.07, 6.45) is 3.03. The van der Waals surface area contributed by atoms with Crippen molar-refractivity contribution in [3.05, 3.63) is 58.4 Å². The summed E-state index contributed by atoms with van der Waals surface area (Å²) in [5.74, 6) is 0.495. The lowest BCUT2D eigenvalue weighted by Gasteiger charge is -2.31. The van der Waals surface area contributed by atoms with Crippen LogP contribution in [0.4, 0.5) is 5.69 Å². The molecule has 0 fully saturated rings. The molecule has 0 spiro atoms. The van der Waals surface area contributed by atoms with E-state index in [0.717, 1.165) is 36.2 Å². The van der Waals surface area contributed by atoms with Gasteiger partial charge in [0.25, 0.3) is 4.84 Å². The van der Waals surface area contributed by atoms with Crippen molar-refractivity contribution in [2.75, 3.05) is 17.7 Å². The molecular formula is C20H21N3O3S2. The van der Waals surface area contributed by atoms with Crippen molar-refractivity contribution in [2.24, 2.45) is 0 Å². The van der Waals surface area contributed by atoms with Crippen LogP contribution in [0.1, 0.15) is 17.5 Å². The van der Waals surface area contributed by atoms with Gasteiger partial charge in [0.1, 0.15) is 6.67 Å². The molecule has 0 saturated heterocycles. The number of hydrogen-bond acceptors (Lipinski definition) is 6. The smallest absolute Gasteiger partial charge is 0.289 e. The first-order valence-electron chi connectivity index (χ1n) is 9.04. The predicted octanol–water partition coefficient (Wildman–Crippen LogP) is 3.99. The number of aryl methyl sites for hydroxylation is 2. The van der Waals surface area contributed by atoms with E-state index in [0.29, 0.717) is 22.3 Å². The maximum Gasteiger partial charge on any atom is 0.289 e. The van der Waals surface area contributed by atoms with Crippen molar-refractivity contribution in [3.8, 4) is 11.5 Å². The zero-order valence-electron chi connectivity index (χ0n) is 15.8. The minimum Gasteiger partial charge on any atom is -0.409 e. The molecule has 0 unspecified atom stereocenters. The second-order valence-corrected chi connectivity index (χ2v) is 9.47. The molecule has 8 heteroatoms. The van der Waals surface area contributed by atoms with Gasteiger partial charge in [-0.1, -0.05) is 17.7 Å². The first kappa shape index (κ1) is 18.9. The lowest BCUT2D eigenvalue weighted by molar-refractivity contribution is 0.494. The van der Waals surface area contributed by atoms with Gasteiger partial charge in [-0.2, -0.15) is 0 Å². The van der Waals surface area contributed by atoms with Gasteiger partial charge in [0.15, 0.2) is 9.84 Å². The summed E-state index contributed by atoms with van der Waals surface area (Å²) in [5.41, 5.74) is 4.09. The van der Waals surface area contributed by atoms with E-state index in [4.69, 9.17) is 16.6 Å². The molecule has 1 aliphatic heterocycles. The van der Waals surface area contributed by atoms with Gasteiger partial charge in [0.05, 0.1) is 4.90 Å². The number of hydrogen-bond donors (Lipinski definition) is 0. The molecule has 0 aliphatic carbocycles. The molecular weight excluding hydrogens is 394 g/mol. The Labute approximate surface area is 169 Å². The number of sulfone groups is 1. The first-order valence-corrected chi connectivity index (χ1v) is 11.3. The van der Waals surface area contributed by atoms with Crippen LogP contribution in [0.15, 0.2) is 51.8 Å². The highest BCUT2D eigenvalue weighted by Crippen LogP contribution is 2.30. The van der Waals surface area contributed by atoms with Crippen molar-refractivity contribution in [2.45, 2.75) is 31.3 Å². The summed E-state index contributed by atoms with van der Waals surface area (Å²) in [6, 6.07) is 13.2. The molecule has 28 heavy (non-hydrogen) atoms. The molecule has 0 radical (unpaired) electrons. The molecule has 0 saturated carbocycles. The highest BCUT2D eigenvalue weighted by atomic mass is 32.2. The Kier molecular flexibility index (Phi) is 4.84. The van der Waals surface area contributed by atoms with Crippen molar-refractivity contribution in [1.82, 2.24) is 9.78 Å². The van der Waals surface area contributed by atoms with Crippen LogP contribution in [-0.2, 0) is 22.9 Å². The summed E-state index contributed by atoms with van der Waals surface area (Å²) in [4.78, 5) is 2.82. The second kappa shape index (κ2) is 7.18. The largest absolute Gasteiger partial charge is 0.409 e. The van der Waals surface area contributed by atoms with Gasteiger partial charge in [0, 0.05) is 24.1 Å². The topological polar surface area (TPSA) is 68.3 Å². The van der Waals surface area contributed by atoms with Gasteiger partial charge in [-0.05, 0) is 67.9 Å². The van der Waals surface area contributed by atoms with Crippen LogP contribution in [0, 0.1) is 11.8 Å². The standard InChI is InChI=1S/C20H21N3O3S2/c1-14-5-7-15(8-6-14)19-21-23(20(27)26-19)13-22-11-3-4-16-12-17(28(2,24)25)9-10-18(16)22/h5-10,12H,3-4,11,13H2,1-2H3. The van der Waals surface area contributed by atoms with Gasteiger partial charge in [-0.3, -0.25) is 0 Å². The number of anilines is 1. The molecule has 2 aromatic carbocycles. The van der Waals surface area contributed by atoms with Crippen LogP contribution in [0.2, 0.25) is 0 Å². The fraction of sp³-hybridized carbons (Fsp3) is 0.300. The zero-order valence-corrected chi connectivity index (χ0v) is 17.4. The minimum absolute atomic E-state index is 0.315. The zero-order chi connectivity index (χ0) is 19.9. The fourth-order valence-corrected chi connectivity index (χ4v) is 4.25. The Morgan fingerprint density at radius 2 is 1.93 bits per heavy atom. The first-order chi connectivity index (χ1) is 13.3. The fourth-order valence-electron chi connectivity index (χ4n) is 3.40. The van der Waals surface area contributed by atoms with Gasteiger partial charge in [-0.15, -0.1) is 5.10 Å². The quantitative estimate of drug-likeness (QED) is 0.600. The number of aromatic nitrogens is 2. The second-order valence-electron chi connectivity index (χ2n) is 7.11. The molecule has 0 atom stereocenters. The van der Waals surface area contributed by atoms with E-state index < -0.39 is 9.84 Å². The number of benzene rings is 2. The summed E-state index contributed by atoms with van der Waals surface area (Å²) in [7, 11) is -3.22. The highest BCUT2D eigenvalue weighted by Gasteiger charge is 2.21. The van der Waals surface area contributed by atoms with Gasteiger partial charge in [-0.25, -0.2) is 13.1 Å². The average Bonchev–Trinajstić information content (AvgIpc) is 3.02. The normalized spacial score (nSPS) is 14.1. The van der Waals surface area contributed by atoms with Gasteiger partial charge < -0.3 is 9.32 Å². The molecule has 1 aromatic heterocycles. The van der Waals surface area contributed by atoms with Crippen molar-refractivity contribution < 1.29 is 12.8 Å². The van der Waals surface area contributed by atoms with Crippen LogP contribution in [0.5, 0.6) is 0 Å². The molecule has 6 nitrogen and oxygen atoms in total. The van der Waals surface area contributed by atoms with Gasteiger partial charge in [0.2, 0.25) is 5.89 Å². The predicted molar refractivity (Wildman–Crippen MR) is 111 cm³/mol. The van der Waals surface area contributed by atoms with Crippen LogP contribution in [0.25, 0.3) is 11.5 Å². The van der Waals surface area contributed by atoms with E-state index in [1.165, 1.54) is 11.8 Å². The Balaban J connectivity index is 1.63. The summed E-state index contributed by atoms with van der Waals surface area (Å²) < 4.78 is 31.0. The number of fused-ring (bicyclic) bond motifs is 1. The summed E-state index contributed by atoms with van der Waals surface area (Å²) >= 11 is 5.36. The summed E-state index contributed by atoms with van der Waals surface area (Å²) in [6.45, 7) is 3.33. The molecule has 0 N–H and O–H groups in total. The average molecular weight is 416 g/mol. The lowest BCUT2D eigenvalue weighted by atomic mass is 10.0. The third kappa shape index (κ3) is 3.74. The SMILES string of the molecule is Cc1ccc(-c2nn(CN3CCCc4cc(S(C)(=O)=O)ccc43)c(=S)o2)cc1. The van der Waals surface area contributed by atoms with Crippen LogP contribution in [0.3, 0.4) is 0 Å². The minimum atomic E-state index is -3.22. The lowest BCUT2D eigenvalue weighted by Crippen LogP contribution is -2.32. The van der Waals surface area contributed by atoms with E-state index in [1.807, 2.05) is 37.3 Å². The molecule has 2 heterocycles. The summed E-state index contributed by atoms with van der Waals surface area (Å²) in [5, 5.41) is 4.54. The van der Waals surface area contributed by atoms with Crippen molar-refractivity contribution >= 4 is 27.7 Å². The number of nitrogens with zero attached hydrogens (tertiary/aromatic N) is 3. The molecule has 0 amide bonds. The van der Waals surface area contributed by atoms with E-state index in [-0.39, 0.29) is 0 Å². The Morgan fingerprint density at radius 1 is 1.18 bits per heavy atom. The molecule has 3 aromatic rings. The maximum atomic E-state index is 11.8. The van der Waals surface area contributed by atoms with E-state index in [9.17, 15) is 8.42 Å². The maximum absolute atomic E-state index is 11.8. The highest BCUT2D eigenvalue weighted by molar-refractivity contribution is 7.90. The Bertz CT molecular complexity index is 1180. The van der Waals surface area contributed by atoms with Crippen LogP contribution >= 0.6 is 12.2 Å². The van der Waals surface area contributed by atoms with Gasteiger partial charge >= 0.3 is 0 Å². The molecule has 1 aliphatic rings. The van der Waals surface area contributed by atoms with Crippen molar-refractivity contribution in [3.63, 3.8) is 0 Å². The Morgan fingerprint density at radius 3 is 2.64 bits per heavy atom. The van der Waals surface area contributed by atoms with Crippen molar-refractivity contribution in [1.29, 1.82) is 0 Å². The van der Waals surface area contributed by atoms with E-state index in [2.05, 4.69) is 10.00 Å². The Hall–Kier alpha value is -2.45. The monoisotopic (exact) mass is 415 g/mol. The molecule has 4 rings (SSSR count). The molecule has 0 bridgehead atoms. The van der Waals surface area contributed by atoms with Crippen LogP contribution in [-0.4, -0.2) is 31.0 Å². The third-order valence-corrected chi connectivity index (χ3v) is 6.31.